The van der Waals surface area contributed by atoms with Crippen LogP contribution in [0.2, 0.25) is 0 Å². The van der Waals surface area contributed by atoms with Crippen LogP contribution in [0.4, 0.5) is 13.2 Å². The first-order valence-corrected chi connectivity index (χ1v) is 8.06. The quantitative estimate of drug-likeness (QED) is 0.880. The highest BCUT2D eigenvalue weighted by molar-refractivity contribution is 5.80. The number of ether oxygens (including phenoxy) is 1. The number of hydrogen-bond acceptors (Lipinski definition) is 3. The van der Waals surface area contributed by atoms with Gasteiger partial charge in [-0.15, -0.1) is 0 Å². The van der Waals surface area contributed by atoms with Gasteiger partial charge in [0.2, 0.25) is 11.8 Å². The van der Waals surface area contributed by atoms with Gasteiger partial charge in [-0.1, -0.05) is 12.1 Å². The lowest BCUT2D eigenvalue weighted by atomic mass is 9.97. The molecule has 0 aromatic heterocycles. The summed E-state index contributed by atoms with van der Waals surface area (Å²) in [5.41, 5.74) is 0.646. The molecule has 0 radical (unpaired) electrons. The molecule has 5 nitrogen and oxygen atoms in total. The van der Waals surface area contributed by atoms with Crippen molar-refractivity contribution in [3.05, 3.63) is 29.8 Å². The molecule has 1 aromatic carbocycles. The number of nitrogens with one attached hydrogen (secondary N) is 1. The summed E-state index contributed by atoms with van der Waals surface area (Å²) in [6, 6.07) is 6.17. The number of hydrogen-bond donors (Lipinski definition) is 1. The number of rotatable bonds is 5. The van der Waals surface area contributed by atoms with Crippen molar-refractivity contribution in [2.24, 2.45) is 5.92 Å². The standard InChI is InChI=1S/C17H21F3N2O3/c1-12(23)22-7-3-5-14(10-22)16(24)21-9-13-4-2-6-15(8-13)25-11-17(18,19)20/h2,4,6,8,14H,3,5,7,9-11H2,1H3,(H,21,24)/t14-/m1/s1. The van der Waals surface area contributed by atoms with Gasteiger partial charge >= 0.3 is 6.18 Å². The van der Waals surface area contributed by atoms with Crippen molar-refractivity contribution in [3.8, 4) is 5.75 Å². The number of likely N-dealkylation sites (tertiary alicyclic amines) is 1. The second kappa shape index (κ2) is 8.22. The Bertz CT molecular complexity index is 619. The maximum Gasteiger partial charge on any atom is 0.422 e. The molecule has 1 saturated heterocycles. The van der Waals surface area contributed by atoms with Crippen LogP contribution in [0.1, 0.15) is 25.3 Å². The third kappa shape index (κ3) is 6.28. The molecule has 1 N–H and O–H groups in total. The van der Waals surface area contributed by atoms with E-state index in [0.29, 0.717) is 25.1 Å². The van der Waals surface area contributed by atoms with Gasteiger partial charge in [0.1, 0.15) is 5.75 Å². The van der Waals surface area contributed by atoms with E-state index in [1.54, 1.807) is 17.0 Å². The van der Waals surface area contributed by atoms with Crippen LogP contribution in [0.5, 0.6) is 5.75 Å². The fraction of sp³-hybridized carbons (Fsp3) is 0.529. The molecule has 1 aliphatic heterocycles. The summed E-state index contributed by atoms with van der Waals surface area (Å²) < 4.78 is 41.2. The zero-order chi connectivity index (χ0) is 18.4. The predicted molar refractivity (Wildman–Crippen MR) is 84.8 cm³/mol. The van der Waals surface area contributed by atoms with Crippen molar-refractivity contribution in [1.29, 1.82) is 0 Å². The summed E-state index contributed by atoms with van der Waals surface area (Å²) in [5, 5.41) is 2.77. The van der Waals surface area contributed by atoms with Crippen LogP contribution in [0.3, 0.4) is 0 Å². The first-order chi connectivity index (χ1) is 11.7. The van der Waals surface area contributed by atoms with E-state index in [2.05, 4.69) is 5.32 Å². The summed E-state index contributed by atoms with van der Waals surface area (Å²) in [6.07, 6.45) is -2.91. The summed E-state index contributed by atoms with van der Waals surface area (Å²) >= 11 is 0. The highest BCUT2D eigenvalue weighted by Crippen LogP contribution is 2.20. The lowest BCUT2D eigenvalue weighted by molar-refractivity contribution is -0.153. The van der Waals surface area contributed by atoms with Crippen LogP contribution in [0.25, 0.3) is 0 Å². The second-order valence-electron chi connectivity index (χ2n) is 6.07. The molecule has 0 bridgehead atoms. The highest BCUT2D eigenvalue weighted by atomic mass is 19.4. The molecular weight excluding hydrogens is 337 g/mol. The molecule has 1 aliphatic rings. The number of benzene rings is 1. The minimum Gasteiger partial charge on any atom is -0.484 e. The van der Waals surface area contributed by atoms with Crippen molar-refractivity contribution in [3.63, 3.8) is 0 Å². The SMILES string of the molecule is CC(=O)N1CCC[C@@H](C(=O)NCc2cccc(OCC(F)(F)F)c2)C1. The Morgan fingerprint density at radius 2 is 2.12 bits per heavy atom. The molecule has 0 aliphatic carbocycles. The molecule has 1 aromatic rings. The van der Waals surface area contributed by atoms with Crippen LogP contribution in [-0.2, 0) is 16.1 Å². The summed E-state index contributed by atoms with van der Waals surface area (Å²) in [5.74, 6) is -0.369. The van der Waals surface area contributed by atoms with Crippen molar-refractivity contribution in [2.75, 3.05) is 19.7 Å². The number of alkyl halides is 3. The van der Waals surface area contributed by atoms with E-state index in [1.165, 1.54) is 19.1 Å². The van der Waals surface area contributed by atoms with E-state index in [4.69, 9.17) is 4.74 Å². The smallest absolute Gasteiger partial charge is 0.422 e. The van der Waals surface area contributed by atoms with Crippen LogP contribution in [0, 0.1) is 5.92 Å². The first kappa shape index (κ1) is 19.1. The molecule has 2 rings (SSSR count). The molecule has 8 heteroatoms. The molecule has 1 heterocycles. The summed E-state index contributed by atoms with van der Waals surface area (Å²) in [4.78, 5) is 25.3. The van der Waals surface area contributed by atoms with E-state index in [1.807, 2.05) is 0 Å². The Hall–Kier alpha value is -2.25. The van der Waals surface area contributed by atoms with E-state index in [9.17, 15) is 22.8 Å². The van der Waals surface area contributed by atoms with E-state index < -0.39 is 12.8 Å². The van der Waals surface area contributed by atoms with Gasteiger partial charge in [0.25, 0.3) is 0 Å². The maximum absolute atomic E-state index is 12.3. The molecule has 0 saturated carbocycles. The van der Waals surface area contributed by atoms with Crippen LogP contribution in [0.15, 0.2) is 24.3 Å². The average Bonchev–Trinajstić information content (AvgIpc) is 2.58. The van der Waals surface area contributed by atoms with Crippen LogP contribution in [-0.4, -0.2) is 42.6 Å². The molecule has 25 heavy (non-hydrogen) atoms. The number of halogens is 3. The zero-order valence-electron chi connectivity index (χ0n) is 13.9. The monoisotopic (exact) mass is 358 g/mol. The fourth-order valence-electron chi connectivity index (χ4n) is 2.72. The van der Waals surface area contributed by atoms with Crippen molar-refractivity contribution < 1.29 is 27.5 Å². The predicted octanol–water partition coefficient (Wildman–Crippen LogP) is 2.50. The Labute approximate surface area is 144 Å². The third-order valence-corrected chi connectivity index (χ3v) is 4.01. The number of carbonyl (C=O) groups excluding carboxylic acids is 2. The van der Waals surface area contributed by atoms with Gasteiger partial charge in [0.05, 0.1) is 5.92 Å². The molecule has 2 amide bonds. The molecule has 0 unspecified atom stereocenters. The zero-order valence-corrected chi connectivity index (χ0v) is 13.9. The van der Waals surface area contributed by atoms with E-state index >= 15 is 0 Å². The molecule has 138 valence electrons. The van der Waals surface area contributed by atoms with Crippen LogP contribution >= 0.6 is 0 Å². The third-order valence-electron chi connectivity index (χ3n) is 4.01. The van der Waals surface area contributed by atoms with Gasteiger partial charge in [-0.2, -0.15) is 13.2 Å². The molecule has 1 fully saturated rings. The largest absolute Gasteiger partial charge is 0.484 e. The Morgan fingerprint density at radius 3 is 2.80 bits per heavy atom. The van der Waals surface area contributed by atoms with Gasteiger partial charge in [-0.3, -0.25) is 9.59 Å². The lowest BCUT2D eigenvalue weighted by Gasteiger charge is -2.31. The normalized spacial score (nSPS) is 17.9. The number of carbonyl (C=O) groups is 2. The first-order valence-electron chi connectivity index (χ1n) is 8.06. The van der Waals surface area contributed by atoms with Gasteiger partial charge in [-0.25, -0.2) is 0 Å². The number of piperidine rings is 1. The number of amides is 2. The topological polar surface area (TPSA) is 58.6 Å². The second-order valence-corrected chi connectivity index (χ2v) is 6.07. The van der Waals surface area contributed by atoms with E-state index in [0.717, 1.165) is 6.42 Å². The molecular formula is C17H21F3N2O3. The number of nitrogens with zero attached hydrogens (tertiary/aromatic N) is 1. The van der Waals surface area contributed by atoms with E-state index in [-0.39, 0.29) is 30.0 Å². The Balaban J connectivity index is 1.86. The van der Waals surface area contributed by atoms with Crippen molar-refractivity contribution >= 4 is 11.8 Å². The Kier molecular flexibility index (Phi) is 6.27. The average molecular weight is 358 g/mol. The maximum atomic E-state index is 12.3. The Morgan fingerprint density at radius 1 is 1.36 bits per heavy atom. The van der Waals surface area contributed by atoms with Gasteiger partial charge in [-0.05, 0) is 30.5 Å². The highest BCUT2D eigenvalue weighted by Gasteiger charge is 2.28. The lowest BCUT2D eigenvalue weighted by Crippen LogP contribution is -2.44. The van der Waals surface area contributed by atoms with Crippen molar-refractivity contribution in [1.82, 2.24) is 10.2 Å². The van der Waals surface area contributed by atoms with Crippen molar-refractivity contribution in [2.45, 2.75) is 32.5 Å². The van der Waals surface area contributed by atoms with Gasteiger partial charge < -0.3 is 15.0 Å². The molecule has 1 atom stereocenters. The minimum absolute atomic E-state index is 0.0491. The summed E-state index contributed by atoms with van der Waals surface area (Å²) in [7, 11) is 0. The van der Waals surface area contributed by atoms with Crippen LogP contribution < -0.4 is 10.1 Å². The van der Waals surface area contributed by atoms with Gasteiger partial charge in [0, 0.05) is 26.6 Å². The summed E-state index contributed by atoms with van der Waals surface area (Å²) in [6.45, 7) is 1.38. The molecule has 0 spiro atoms. The van der Waals surface area contributed by atoms with Gasteiger partial charge in [0.15, 0.2) is 6.61 Å². The minimum atomic E-state index is -4.40. The fourth-order valence-corrected chi connectivity index (χ4v) is 2.72.